The lowest BCUT2D eigenvalue weighted by molar-refractivity contribution is -0.125. The van der Waals surface area contributed by atoms with Crippen LogP contribution in [0.25, 0.3) is 0 Å². The Morgan fingerprint density at radius 3 is 2.68 bits per heavy atom. The van der Waals surface area contributed by atoms with Crippen molar-refractivity contribution < 1.29 is 9.59 Å². The van der Waals surface area contributed by atoms with Gasteiger partial charge >= 0.3 is 6.03 Å². The van der Waals surface area contributed by atoms with E-state index < -0.39 is 0 Å². The zero-order valence-electron chi connectivity index (χ0n) is 11.1. The fraction of sp³-hybridized carbons (Fsp3) is 0.462. The highest BCUT2D eigenvalue weighted by Gasteiger charge is 2.30. The number of carbonyl (C=O) groups is 2. The maximum Gasteiger partial charge on any atom is 0.327 e. The average Bonchev–Trinajstić information content (AvgIpc) is 2.92. The molecule has 1 aliphatic heterocycles. The maximum absolute atomic E-state index is 11.8. The van der Waals surface area contributed by atoms with Gasteiger partial charge < -0.3 is 9.47 Å². The Balaban J connectivity index is 1.86. The predicted octanol–water partition coefficient (Wildman–Crippen LogP) is 0.479. The molecule has 19 heavy (non-hydrogen) atoms. The van der Waals surface area contributed by atoms with Crippen molar-refractivity contribution in [3.63, 3.8) is 0 Å². The summed E-state index contributed by atoms with van der Waals surface area (Å²) in [5.41, 5.74) is 1.05. The van der Waals surface area contributed by atoms with Gasteiger partial charge in [0, 0.05) is 31.9 Å². The predicted molar refractivity (Wildman–Crippen MR) is 69.1 cm³/mol. The quantitative estimate of drug-likeness (QED) is 0.727. The van der Waals surface area contributed by atoms with Crippen LogP contribution in [0.3, 0.4) is 0 Å². The highest BCUT2D eigenvalue weighted by molar-refractivity contribution is 5.94. The molecule has 100 valence electrons. The number of hydrogen-bond acceptors (Lipinski definition) is 3. The van der Waals surface area contributed by atoms with Crippen molar-refractivity contribution in [3.05, 3.63) is 18.2 Å². The summed E-state index contributed by atoms with van der Waals surface area (Å²) in [4.78, 5) is 29.8. The van der Waals surface area contributed by atoms with E-state index in [2.05, 4.69) is 16.8 Å². The molecule has 0 aromatic carbocycles. The van der Waals surface area contributed by atoms with Crippen LogP contribution < -0.4 is 0 Å². The number of aromatic nitrogens is 2. The number of imidazole rings is 1. The van der Waals surface area contributed by atoms with Crippen LogP contribution in [0.4, 0.5) is 4.79 Å². The lowest BCUT2D eigenvalue weighted by Crippen LogP contribution is -2.34. The molecule has 0 aliphatic carbocycles. The van der Waals surface area contributed by atoms with Crippen LogP contribution in [0.5, 0.6) is 0 Å². The van der Waals surface area contributed by atoms with Gasteiger partial charge in [-0.1, -0.05) is 11.8 Å². The minimum atomic E-state index is -0.249. The second kappa shape index (κ2) is 5.57. The molecular weight excluding hydrogens is 244 g/mol. The Bertz CT molecular complexity index is 552. The van der Waals surface area contributed by atoms with Gasteiger partial charge in [-0.25, -0.2) is 9.78 Å². The molecule has 6 nitrogen and oxygen atoms in total. The van der Waals surface area contributed by atoms with Gasteiger partial charge in [-0.05, 0) is 6.92 Å². The van der Waals surface area contributed by atoms with Crippen LogP contribution in [0.1, 0.15) is 12.6 Å². The average molecular weight is 260 g/mol. The minimum Gasteiger partial charge on any atom is -0.323 e. The largest absolute Gasteiger partial charge is 0.327 e. The zero-order chi connectivity index (χ0) is 13.8. The van der Waals surface area contributed by atoms with Crippen molar-refractivity contribution in [3.8, 4) is 11.8 Å². The molecule has 3 amide bonds. The van der Waals surface area contributed by atoms with Gasteiger partial charge in [-0.3, -0.25) is 9.69 Å². The molecule has 1 aromatic heterocycles. The first-order valence-electron chi connectivity index (χ1n) is 6.09. The molecular formula is C13H16N4O2. The zero-order valence-corrected chi connectivity index (χ0v) is 11.1. The molecule has 0 radical (unpaired) electrons. The Hall–Kier alpha value is -2.29. The fourth-order valence-electron chi connectivity index (χ4n) is 1.87. The van der Waals surface area contributed by atoms with Crippen LogP contribution in [0.2, 0.25) is 0 Å². The smallest absolute Gasteiger partial charge is 0.323 e. The third kappa shape index (κ3) is 2.94. The third-order valence-corrected chi connectivity index (χ3v) is 3.04. The minimum absolute atomic E-state index is 0.213. The van der Waals surface area contributed by atoms with Crippen molar-refractivity contribution in [1.82, 2.24) is 19.4 Å². The van der Waals surface area contributed by atoms with E-state index in [4.69, 9.17) is 0 Å². The molecule has 1 fully saturated rings. The normalized spacial score (nSPS) is 14.5. The van der Waals surface area contributed by atoms with E-state index in [0.29, 0.717) is 26.2 Å². The number of urea groups is 1. The molecule has 0 saturated carbocycles. The van der Waals surface area contributed by atoms with E-state index in [1.165, 1.54) is 11.8 Å². The van der Waals surface area contributed by atoms with Gasteiger partial charge in [0.05, 0.1) is 19.4 Å². The fourth-order valence-corrected chi connectivity index (χ4v) is 1.87. The number of nitrogens with zero attached hydrogens (tertiary/aromatic N) is 4. The first-order valence-corrected chi connectivity index (χ1v) is 6.09. The SMILES string of the molecule is CC(=O)N1CCN(CC#CCn2cncc2C)C1=O. The van der Waals surface area contributed by atoms with Crippen LogP contribution in [-0.4, -0.2) is 50.9 Å². The van der Waals surface area contributed by atoms with Crippen molar-refractivity contribution in [2.45, 2.75) is 20.4 Å². The molecule has 1 saturated heterocycles. The van der Waals surface area contributed by atoms with Crippen LogP contribution in [0.15, 0.2) is 12.5 Å². The maximum atomic E-state index is 11.8. The van der Waals surface area contributed by atoms with E-state index >= 15 is 0 Å². The first-order chi connectivity index (χ1) is 9.09. The molecule has 0 spiro atoms. The van der Waals surface area contributed by atoms with E-state index in [1.54, 1.807) is 17.4 Å². The molecule has 0 bridgehead atoms. The van der Waals surface area contributed by atoms with Crippen molar-refractivity contribution in [2.75, 3.05) is 19.6 Å². The Morgan fingerprint density at radius 2 is 2.11 bits per heavy atom. The second-order valence-electron chi connectivity index (χ2n) is 4.39. The Kier molecular flexibility index (Phi) is 3.85. The topological polar surface area (TPSA) is 58.4 Å². The summed E-state index contributed by atoms with van der Waals surface area (Å²) in [6.45, 7) is 5.28. The first kappa shape index (κ1) is 13.1. The highest BCUT2D eigenvalue weighted by atomic mass is 16.2. The number of aryl methyl sites for hydroxylation is 1. The number of carbonyl (C=O) groups excluding carboxylic acids is 2. The monoisotopic (exact) mass is 260 g/mol. The van der Waals surface area contributed by atoms with Crippen LogP contribution in [0, 0.1) is 18.8 Å². The van der Waals surface area contributed by atoms with E-state index in [1.807, 2.05) is 11.5 Å². The van der Waals surface area contributed by atoms with Gasteiger partial charge in [0.25, 0.3) is 0 Å². The number of amides is 3. The van der Waals surface area contributed by atoms with E-state index in [9.17, 15) is 9.59 Å². The summed E-state index contributed by atoms with van der Waals surface area (Å²) < 4.78 is 1.93. The van der Waals surface area contributed by atoms with Crippen molar-refractivity contribution in [2.24, 2.45) is 0 Å². The van der Waals surface area contributed by atoms with Crippen molar-refractivity contribution in [1.29, 1.82) is 0 Å². The van der Waals surface area contributed by atoms with Crippen LogP contribution >= 0.6 is 0 Å². The van der Waals surface area contributed by atoms with Crippen molar-refractivity contribution >= 4 is 11.9 Å². The Morgan fingerprint density at radius 1 is 1.37 bits per heavy atom. The summed E-state index contributed by atoms with van der Waals surface area (Å²) >= 11 is 0. The number of rotatable bonds is 2. The summed E-state index contributed by atoms with van der Waals surface area (Å²) in [7, 11) is 0. The van der Waals surface area contributed by atoms with Crippen LogP contribution in [-0.2, 0) is 11.3 Å². The summed E-state index contributed by atoms with van der Waals surface area (Å²) in [6, 6.07) is -0.249. The lowest BCUT2D eigenvalue weighted by Gasteiger charge is -2.13. The molecule has 2 rings (SSSR count). The summed E-state index contributed by atoms with van der Waals surface area (Å²) in [5, 5.41) is 0. The van der Waals surface area contributed by atoms with Gasteiger partial charge in [0.2, 0.25) is 5.91 Å². The van der Waals surface area contributed by atoms with Gasteiger partial charge in [-0.2, -0.15) is 0 Å². The standard InChI is InChI=1S/C13H16N4O2/c1-11-9-14-10-16(11)6-4-3-5-15-7-8-17(12(2)18)13(15)19/h9-10H,5-8H2,1-2H3. The Labute approximate surface area is 112 Å². The molecule has 0 unspecified atom stereocenters. The van der Waals surface area contributed by atoms with Gasteiger partial charge in [0.1, 0.15) is 0 Å². The number of hydrogen-bond donors (Lipinski definition) is 0. The second-order valence-corrected chi connectivity index (χ2v) is 4.39. The van der Waals surface area contributed by atoms with Gasteiger partial charge in [-0.15, -0.1) is 0 Å². The highest BCUT2D eigenvalue weighted by Crippen LogP contribution is 2.07. The molecule has 0 atom stereocenters. The third-order valence-electron chi connectivity index (χ3n) is 3.04. The molecule has 1 aliphatic rings. The molecule has 0 N–H and O–H groups in total. The molecule has 2 heterocycles. The summed E-state index contributed by atoms with van der Waals surface area (Å²) in [6.07, 6.45) is 3.50. The number of imide groups is 1. The summed E-state index contributed by atoms with van der Waals surface area (Å²) in [5.74, 6) is 5.73. The van der Waals surface area contributed by atoms with E-state index in [-0.39, 0.29) is 11.9 Å². The molecule has 1 aromatic rings. The lowest BCUT2D eigenvalue weighted by atomic mass is 10.4. The van der Waals surface area contributed by atoms with Gasteiger partial charge in [0.15, 0.2) is 0 Å². The molecule has 6 heteroatoms. The van der Waals surface area contributed by atoms with E-state index in [0.717, 1.165) is 5.69 Å².